The average molecular weight is 353 g/mol. The fourth-order valence-electron chi connectivity index (χ4n) is 3.14. The van der Waals surface area contributed by atoms with Crippen LogP contribution in [-0.2, 0) is 6.54 Å². The number of aliphatic hydroxyl groups excluding tert-OH is 1. The summed E-state index contributed by atoms with van der Waals surface area (Å²) in [6.45, 7) is 6.58. The first-order valence-corrected chi connectivity index (χ1v) is 8.28. The molecule has 0 radical (unpaired) electrons. The number of halogens is 1. The first-order chi connectivity index (χ1) is 10.2. The van der Waals surface area contributed by atoms with Crippen LogP contribution in [0.15, 0.2) is 16.7 Å². The molecule has 0 saturated carbocycles. The van der Waals surface area contributed by atoms with Crippen molar-refractivity contribution in [3.8, 4) is 0 Å². The number of pyridine rings is 1. The number of aryl methyl sites for hydroxylation is 1. The van der Waals surface area contributed by atoms with Gasteiger partial charge in [-0.15, -0.1) is 0 Å². The van der Waals surface area contributed by atoms with Crippen molar-refractivity contribution in [3.05, 3.63) is 22.6 Å². The number of rotatable bonds is 5. The van der Waals surface area contributed by atoms with Gasteiger partial charge in [0.15, 0.2) is 5.65 Å². The number of likely N-dealkylation sites (tertiary alicyclic amines) is 1. The van der Waals surface area contributed by atoms with Crippen molar-refractivity contribution in [2.45, 2.75) is 26.3 Å². The summed E-state index contributed by atoms with van der Waals surface area (Å²) in [5.74, 6) is 1.68. The minimum absolute atomic E-state index is 0.284. The van der Waals surface area contributed by atoms with Gasteiger partial charge < -0.3 is 14.6 Å². The Hall–Kier alpha value is -0.980. The average Bonchev–Trinajstić information content (AvgIpc) is 3.03. The van der Waals surface area contributed by atoms with Crippen molar-refractivity contribution in [2.75, 3.05) is 26.2 Å². The summed E-state index contributed by atoms with van der Waals surface area (Å²) in [6.07, 6.45) is 3.88. The number of aliphatic hydroxyl groups is 1. The smallest absolute Gasteiger partial charge is 0.177 e. The highest BCUT2D eigenvalue weighted by molar-refractivity contribution is 9.10. The fourth-order valence-corrected chi connectivity index (χ4v) is 3.46. The summed E-state index contributed by atoms with van der Waals surface area (Å²) in [5, 5.41) is 8.93. The first-order valence-electron chi connectivity index (χ1n) is 7.49. The Bertz CT molecular complexity index is 627. The summed E-state index contributed by atoms with van der Waals surface area (Å²) >= 11 is 3.49. The van der Waals surface area contributed by atoms with Crippen molar-refractivity contribution in [1.29, 1.82) is 0 Å². The van der Waals surface area contributed by atoms with Crippen LogP contribution in [0, 0.1) is 12.8 Å². The lowest BCUT2D eigenvalue weighted by molar-refractivity contribution is 0.242. The van der Waals surface area contributed by atoms with E-state index in [1.165, 1.54) is 6.42 Å². The molecule has 1 saturated heterocycles. The van der Waals surface area contributed by atoms with Gasteiger partial charge in [0.25, 0.3) is 0 Å². The summed E-state index contributed by atoms with van der Waals surface area (Å²) in [7, 11) is 0. The number of nitrogens with zero attached hydrogens (tertiary/aromatic N) is 4. The highest BCUT2D eigenvalue weighted by Crippen LogP contribution is 2.23. The third kappa shape index (κ3) is 3.27. The maximum atomic E-state index is 8.93. The highest BCUT2D eigenvalue weighted by atomic mass is 79.9. The van der Waals surface area contributed by atoms with Gasteiger partial charge in [0.2, 0.25) is 0 Å². The van der Waals surface area contributed by atoms with Crippen molar-refractivity contribution in [1.82, 2.24) is 19.4 Å². The minimum Gasteiger partial charge on any atom is -0.396 e. The Labute approximate surface area is 133 Å². The third-order valence-electron chi connectivity index (χ3n) is 4.21. The third-order valence-corrected chi connectivity index (χ3v) is 4.64. The molecule has 0 bridgehead atoms. The van der Waals surface area contributed by atoms with Crippen LogP contribution in [0.3, 0.4) is 0 Å². The number of imidazole rings is 1. The van der Waals surface area contributed by atoms with Crippen molar-refractivity contribution >= 4 is 27.1 Å². The maximum Gasteiger partial charge on any atom is 0.177 e. The number of hydrogen-bond donors (Lipinski definition) is 1. The number of hydrogen-bond acceptors (Lipinski definition) is 4. The normalized spacial score (nSPS) is 19.7. The Morgan fingerprint density at radius 2 is 2.33 bits per heavy atom. The van der Waals surface area contributed by atoms with Crippen LogP contribution in [0.1, 0.15) is 18.7 Å². The number of fused-ring (bicyclic) bond motifs is 1. The molecule has 0 spiro atoms. The maximum absolute atomic E-state index is 8.93. The molecule has 2 aromatic rings. The van der Waals surface area contributed by atoms with E-state index in [1.807, 2.05) is 6.92 Å². The van der Waals surface area contributed by atoms with Gasteiger partial charge in [-0.1, -0.05) is 0 Å². The van der Waals surface area contributed by atoms with E-state index in [2.05, 4.69) is 41.4 Å². The minimum atomic E-state index is 0.284. The molecule has 3 heterocycles. The van der Waals surface area contributed by atoms with Gasteiger partial charge in [-0.3, -0.25) is 0 Å². The molecule has 2 aromatic heterocycles. The van der Waals surface area contributed by atoms with E-state index in [0.29, 0.717) is 5.92 Å². The van der Waals surface area contributed by atoms with E-state index in [1.54, 1.807) is 6.20 Å². The van der Waals surface area contributed by atoms with Crippen LogP contribution in [0.25, 0.3) is 11.2 Å². The summed E-state index contributed by atoms with van der Waals surface area (Å²) < 4.78 is 3.28. The summed E-state index contributed by atoms with van der Waals surface area (Å²) in [6, 6.07) is 2.10. The van der Waals surface area contributed by atoms with Crippen LogP contribution < -0.4 is 0 Å². The zero-order valence-corrected chi connectivity index (χ0v) is 13.9. The molecule has 3 rings (SSSR count). The molecular weight excluding hydrogens is 332 g/mol. The Morgan fingerprint density at radius 3 is 3.14 bits per heavy atom. The Balaban J connectivity index is 1.73. The Morgan fingerprint density at radius 1 is 1.48 bits per heavy atom. The molecule has 114 valence electrons. The molecule has 0 aromatic carbocycles. The van der Waals surface area contributed by atoms with Gasteiger partial charge in [-0.2, -0.15) is 0 Å². The van der Waals surface area contributed by atoms with Gasteiger partial charge >= 0.3 is 0 Å². The summed E-state index contributed by atoms with van der Waals surface area (Å²) in [5.41, 5.74) is 1.93. The fraction of sp³-hybridized carbons (Fsp3) is 0.600. The van der Waals surface area contributed by atoms with Crippen molar-refractivity contribution in [2.24, 2.45) is 5.92 Å². The molecule has 0 unspecified atom stereocenters. The monoisotopic (exact) mass is 352 g/mol. The molecule has 21 heavy (non-hydrogen) atoms. The first kappa shape index (κ1) is 14.9. The SMILES string of the molecule is Cc1nc2ncc(Br)cc2n1C[C@@H]1CCN(CCCO)C1. The second kappa shape index (κ2) is 6.42. The van der Waals surface area contributed by atoms with E-state index in [9.17, 15) is 0 Å². The van der Waals surface area contributed by atoms with E-state index >= 15 is 0 Å². The zero-order chi connectivity index (χ0) is 14.8. The molecule has 1 N–H and O–H groups in total. The van der Waals surface area contributed by atoms with Gasteiger partial charge in [0.05, 0.1) is 5.52 Å². The summed E-state index contributed by atoms with van der Waals surface area (Å²) in [4.78, 5) is 11.4. The quantitative estimate of drug-likeness (QED) is 0.896. The molecule has 1 aliphatic rings. The number of aromatic nitrogens is 3. The molecule has 1 atom stereocenters. The second-order valence-electron chi connectivity index (χ2n) is 5.80. The largest absolute Gasteiger partial charge is 0.396 e. The van der Waals surface area contributed by atoms with E-state index in [-0.39, 0.29) is 6.61 Å². The van der Waals surface area contributed by atoms with Crippen molar-refractivity contribution in [3.63, 3.8) is 0 Å². The van der Waals surface area contributed by atoms with Gasteiger partial charge in [0.1, 0.15) is 5.82 Å². The zero-order valence-electron chi connectivity index (χ0n) is 12.3. The lowest BCUT2D eigenvalue weighted by Crippen LogP contribution is -2.23. The van der Waals surface area contributed by atoms with E-state index in [4.69, 9.17) is 5.11 Å². The lowest BCUT2D eigenvalue weighted by Gasteiger charge is -2.16. The van der Waals surface area contributed by atoms with Crippen molar-refractivity contribution < 1.29 is 5.11 Å². The van der Waals surface area contributed by atoms with E-state index < -0.39 is 0 Å². The molecule has 0 aliphatic carbocycles. The molecule has 5 nitrogen and oxygen atoms in total. The molecular formula is C15H21BrN4O. The van der Waals surface area contributed by atoms with Crippen LogP contribution in [0.4, 0.5) is 0 Å². The molecule has 1 aliphatic heterocycles. The highest BCUT2D eigenvalue weighted by Gasteiger charge is 2.23. The van der Waals surface area contributed by atoms with E-state index in [0.717, 1.165) is 54.1 Å². The van der Waals surface area contributed by atoms with Gasteiger partial charge in [0, 0.05) is 36.9 Å². The van der Waals surface area contributed by atoms with Crippen LogP contribution in [0.5, 0.6) is 0 Å². The lowest BCUT2D eigenvalue weighted by atomic mass is 10.1. The predicted octanol–water partition coefficient (Wildman–Crippen LogP) is 2.21. The van der Waals surface area contributed by atoms with Crippen LogP contribution in [0.2, 0.25) is 0 Å². The second-order valence-corrected chi connectivity index (χ2v) is 6.71. The topological polar surface area (TPSA) is 54.2 Å². The predicted molar refractivity (Wildman–Crippen MR) is 86.2 cm³/mol. The molecule has 1 fully saturated rings. The van der Waals surface area contributed by atoms with Gasteiger partial charge in [-0.05, 0) is 54.2 Å². The van der Waals surface area contributed by atoms with Crippen LogP contribution in [-0.4, -0.2) is 50.8 Å². The standard InChI is InChI=1S/C15H21BrN4O/c1-11-18-15-14(7-13(16)8-17-15)20(11)10-12-3-5-19(9-12)4-2-6-21/h7-8,12,21H,2-6,9-10H2,1H3/t12-/m1/s1. The molecule has 6 heteroatoms. The molecule has 0 amide bonds. The Kier molecular flexibility index (Phi) is 4.57. The van der Waals surface area contributed by atoms with Crippen LogP contribution >= 0.6 is 15.9 Å². The van der Waals surface area contributed by atoms with Gasteiger partial charge in [-0.25, -0.2) is 9.97 Å².